The van der Waals surface area contributed by atoms with Gasteiger partial charge >= 0.3 is 11.9 Å². The lowest BCUT2D eigenvalue weighted by atomic mass is 9.77. The quantitative estimate of drug-likeness (QED) is 0.0223. The number of amides is 2. The molecular weight excluding hydrogens is 817 g/mol. The number of hydrogen-bond acceptors (Lipinski definition) is 16. The molecule has 0 aliphatic carbocycles. The van der Waals surface area contributed by atoms with Crippen LogP contribution in [0.4, 0.5) is 5.13 Å². The second-order valence-electron chi connectivity index (χ2n) is 14.1. The van der Waals surface area contributed by atoms with Gasteiger partial charge in [0.25, 0.3) is 11.8 Å². The first-order chi connectivity index (χ1) is 28.4. The topological polar surface area (TPSA) is 229 Å². The van der Waals surface area contributed by atoms with E-state index in [4.69, 9.17) is 20.4 Å². The number of esters is 1. The van der Waals surface area contributed by atoms with Crippen LogP contribution >= 0.6 is 34.9 Å². The summed E-state index contributed by atoms with van der Waals surface area (Å²) in [5, 5.41) is 33.0. The van der Waals surface area contributed by atoms with Crippen LogP contribution in [0.5, 0.6) is 0 Å². The van der Waals surface area contributed by atoms with E-state index >= 15 is 0 Å². The molecule has 0 saturated carbocycles. The minimum atomic E-state index is -1.30. The smallest absolute Gasteiger partial charge is 0.352 e. The van der Waals surface area contributed by atoms with Gasteiger partial charge in [-0.2, -0.15) is 0 Å². The van der Waals surface area contributed by atoms with Crippen LogP contribution in [0.25, 0.3) is 0 Å². The van der Waals surface area contributed by atoms with Crippen molar-refractivity contribution in [2.45, 2.75) is 48.5 Å². The zero-order valence-electron chi connectivity index (χ0n) is 31.8. The predicted molar refractivity (Wildman–Crippen MR) is 222 cm³/mol. The first-order valence-electron chi connectivity index (χ1n) is 18.1. The molecule has 0 unspecified atom stereocenters. The Kier molecular flexibility index (Phi) is 12.0. The summed E-state index contributed by atoms with van der Waals surface area (Å²) < 4.78 is 5.34. The number of carboxylic acids is 1. The summed E-state index contributed by atoms with van der Waals surface area (Å²) in [5.41, 5.74) is 1.10. The molecule has 5 N–H and O–H groups in total. The lowest BCUT2D eigenvalue weighted by molar-refractivity contribution is -0.160. The number of rotatable bonds is 15. The summed E-state index contributed by atoms with van der Waals surface area (Å²) in [7, 11) is 0. The number of nitrogen functional groups attached to an aromatic ring is 1. The van der Waals surface area contributed by atoms with Crippen molar-refractivity contribution in [1.82, 2.24) is 35.5 Å². The number of thiazole rings is 1. The van der Waals surface area contributed by atoms with Crippen LogP contribution in [0.3, 0.4) is 0 Å². The Morgan fingerprint density at radius 3 is 2.14 bits per heavy atom. The summed E-state index contributed by atoms with van der Waals surface area (Å²) in [4.78, 5) is 65.0. The highest BCUT2D eigenvalue weighted by molar-refractivity contribution is 8.01. The maximum absolute atomic E-state index is 14.1. The number of tetrazole rings is 1. The van der Waals surface area contributed by atoms with Crippen molar-refractivity contribution >= 4 is 69.5 Å². The number of nitrogens with zero attached hydrogens (tertiary/aromatic N) is 7. The highest BCUT2D eigenvalue weighted by Crippen LogP contribution is 2.42. The Hall–Kier alpha value is -6.25. The van der Waals surface area contributed by atoms with E-state index in [1.54, 1.807) is 26.2 Å². The van der Waals surface area contributed by atoms with Gasteiger partial charge in [-0.3, -0.25) is 14.5 Å². The number of oxime groups is 1. The number of aromatic nitrogens is 5. The Morgan fingerprint density at radius 1 is 0.983 bits per heavy atom. The standard InChI is InChI=1S/C39H38N10O7S3/c1-38(2,3)56-28(50)19-55-45-29(32(51)42-30-33(52)48-31(35(53)54)23(20-57-34(30)48)21-59-37-44-46-47-49(37)40)27-22-58-36(41-27)43-39(24-13-7-4-8-14-24,25-15-9-5-10-16-25)26-17-11-6-12-18-26/h4-18,22,30,34H,19-21,40H2,1-3H3,(H,41,43)(H,42,51)(H,53,54)/b45-29-/t30-,34-/m1/s1. The molecule has 4 heterocycles. The molecule has 1 fully saturated rings. The Bertz CT molecular complexity index is 2310. The SMILES string of the molecule is CC(C)(C)OC(=O)CO/N=C(\C(=O)N[C@@H]1C(=O)N2C(C(=O)O)=C(CSc3nnnn3N)CS[C@H]12)c1csc(NC(c2ccccc2)(c2ccccc2)c2ccccc2)n1. The van der Waals surface area contributed by atoms with E-state index in [-0.39, 0.29) is 33.8 Å². The van der Waals surface area contributed by atoms with Crippen molar-refractivity contribution < 1.29 is 33.9 Å². The lowest BCUT2D eigenvalue weighted by Crippen LogP contribution is -2.71. The Morgan fingerprint density at radius 2 is 1.59 bits per heavy atom. The zero-order valence-corrected chi connectivity index (χ0v) is 34.3. The molecule has 2 atom stereocenters. The van der Waals surface area contributed by atoms with Crippen LogP contribution in [0, 0.1) is 0 Å². The second-order valence-corrected chi connectivity index (χ2v) is 17.0. The van der Waals surface area contributed by atoms with Crippen LogP contribution in [0.1, 0.15) is 43.2 Å². The van der Waals surface area contributed by atoms with Gasteiger partial charge < -0.3 is 31.2 Å². The van der Waals surface area contributed by atoms with Crippen molar-refractivity contribution in [3.63, 3.8) is 0 Å². The largest absolute Gasteiger partial charge is 0.477 e. The highest BCUT2D eigenvalue weighted by Gasteiger charge is 2.54. The maximum atomic E-state index is 14.1. The fraction of sp³-hybridized carbons (Fsp3) is 0.256. The number of fused-ring (bicyclic) bond motifs is 1. The van der Waals surface area contributed by atoms with Gasteiger partial charge in [0, 0.05) is 16.9 Å². The number of benzene rings is 3. The molecule has 2 aliphatic rings. The molecule has 59 heavy (non-hydrogen) atoms. The number of carboxylic acid groups (broad SMARTS) is 1. The highest BCUT2D eigenvalue weighted by atomic mass is 32.2. The third-order valence-corrected chi connectivity index (χ3v) is 12.1. The second kappa shape index (κ2) is 17.3. The number of ether oxygens (including phenoxy) is 1. The van der Waals surface area contributed by atoms with Gasteiger partial charge in [-0.15, -0.1) is 27.9 Å². The average molecular weight is 855 g/mol. The van der Waals surface area contributed by atoms with Crippen molar-refractivity contribution in [2.24, 2.45) is 5.16 Å². The third-order valence-electron chi connectivity index (χ3n) is 9.01. The average Bonchev–Trinajstić information content (AvgIpc) is 3.87. The number of aliphatic carboxylic acids is 1. The fourth-order valence-electron chi connectivity index (χ4n) is 6.54. The number of thioether (sulfide) groups is 2. The van der Waals surface area contributed by atoms with Gasteiger partial charge in [-0.1, -0.05) is 113 Å². The summed E-state index contributed by atoms with van der Waals surface area (Å²) in [6.45, 7) is 4.50. The van der Waals surface area contributed by atoms with Crippen LogP contribution in [-0.2, 0) is 34.3 Å². The molecule has 2 amide bonds. The van der Waals surface area contributed by atoms with Crippen LogP contribution in [0.2, 0.25) is 0 Å². The van der Waals surface area contributed by atoms with E-state index in [2.05, 4.69) is 31.3 Å². The van der Waals surface area contributed by atoms with E-state index in [0.717, 1.165) is 38.1 Å². The van der Waals surface area contributed by atoms with E-state index in [9.17, 15) is 24.3 Å². The first kappa shape index (κ1) is 40.9. The van der Waals surface area contributed by atoms with E-state index in [1.165, 1.54) is 23.1 Å². The molecule has 304 valence electrons. The zero-order chi connectivity index (χ0) is 41.7. The monoisotopic (exact) mass is 854 g/mol. The summed E-state index contributed by atoms with van der Waals surface area (Å²) in [6, 6.07) is 28.6. The maximum Gasteiger partial charge on any atom is 0.352 e. The van der Waals surface area contributed by atoms with E-state index in [0.29, 0.717) is 10.7 Å². The van der Waals surface area contributed by atoms with E-state index < -0.39 is 52.9 Å². The van der Waals surface area contributed by atoms with Gasteiger partial charge in [0.15, 0.2) is 10.8 Å². The number of carbonyl (C=O) groups is 4. The normalized spacial score (nSPS) is 16.8. The summed E-state index contributed by atoms with van der Waals surface area (Å²) in [5.74, 6) is 2.63. The van der Waals surface area contributed by atoms with Crippen molar-refractivity contribution in [3.8, 4) is 0 Å². The van der Waals surface area contributed by atoms with Crippen molar-refractivity contribution in [2.75, 3.05) is 29.3 Å². The van der Waals surface area contributed by atoms with Crippen LogP contribution < -0.4 is 16.5 Å². The Balaban J connectivity index is 1.17. The molecule has 3 aromatic carbocycles. The number of hydrogen-bond donors (Lipinski definition) is 4. The summed E-state index contributed by atoms with van der Waals surface area (Å²) in [6.07, 6.45) is 0. The molecular formula is C39H38N10O7S3. The van der Waals surface area contributed by atoms with E-state index in [1.807, 2.05) is 91.0 Å². The molecule has 5 aromatic rings. The third kappa shape index (κ3) is 8.78. The molecule has 2 aromatic heterocycles. The van der Waals surface area contributed by atoms with Crippen molar-refractivity contribution in [1.29, 1.82) is 0 Å². The predicted octanol–water partition coefficient (Wildman–Crippen LogP) is 3.84. The van der Waals surface area contributed by atoms with Gasteiger partial charge in [0.1, 0.15) is 33.9 Å². The number of nitrogens with one attached hydrogen (secondary N) is 2. The van der Waals surface area contributed by atoms with Gasteiger partial charge in [0.05, 0.1) is 0 Å². The number of nitrogens with two attached hydrogens (primary N) is 1. The molecule has 0 bridgehead atoms. The molecule has 2 aliphatic heterocycles. The number of anilines is 1. The number of carbonyl (C=O) groups excluding carboxylic acids is 3. The minimum absolute atomic E-state index is 0.0925. The molecule has 7 rings (SSSR count). The minimum Gasteiger partial charge on any atom is -0.477 e. The molecule has 1 saturated heterocycles. The van der Waals surface area contributed by atoms with Crippen molar-refractivity contribution in [3.05, 3.63) is 130 Å². The number of β-lactam (4-membered cyclic amide) rings is 1. The van der Waals surface area contributed by atoms with Crippen LogP contribution in [-0.4, -0.2) is 99.9 Å². The summed E-state index contributed by atoms with van der Waals surface area (Å²) >= 11 is 3.62. The first-order valence-corrected chi connectivity index (χ1v) is 21.0. The molecule has 0 spiro atoms. The van der Waals surface area contributed by atoms with Gasteiger partial charge in [-0.25, -0.2) is 14.6 Å². The van der Waals surface area contributed by atoms with Gasteiger partial charge in [-0.05, 0) is 53.5 Å². The fourth-order valence-corrected chi connectivity index (χ4v) is 9.57. The molecule has 17 nitrogen and oxygen atoms in total. The van der Waals surface area contributed by atoms with Crippen LogP contribution in [0.15, 0.2) is 118 Å². The molecule has 0 radical (unpaired) electrons. The molecule has 20 heteroatoms. The lowest BCUT2D eigenvalue weighted by Gasteiger charge is -2.49. The van der Waals surface area contributed by atoms with Gasteiger partial charge in [0.2, 0.25) is 11.8 Å². The Labute approximate surface area is 350 Å².